The van der Waals surface area contributed by atoms with Crippen molar-refractivity contribution in [3.8, 4) is 5.75 Å². The first-order valence-corrected chi connectivity index (χ1v) is 6.55. The average Bonchev–Trinajstić information content (AvgIpc) is 2.50. The second-order valence-corrected chi connectivity index (χ2v) is 4.68. The molecule has 0 unspecified atom stereocenters. The molecule has 0 atom stereocenters. The van der Waals surface area contributed by atoms with E-state index in [2.05, 4.69) is 0 Å². The molecule has 0 aliphatic carbocycles. The third-order valence-corrected chi connectivity index (χ3v) is 3.06. The minimum Gasteiger partial charge on any atom is -0.502 e. The van der Waals surface area contributed by atoms with Gasteiger partial charge >= 0.3 is 5.97 Å². The van der Waals surface area contributed by atoms with Crippen LogP contribution >= 0.6 is 11.6 Å². The van der Waals surface area contributed by atoms with E-state index in [1.54, 1.807) is 54.6 Å². The van der Waals surface area contributed by atoms with E-state index in [9.17, 15) is 9.90 Å². The van der Waals surface area contributed by atoms with E-state index in [0.717, 1.165) is 0 Å². The summed E-state index contributed by atoms with van der Waals surface area (Å²) in [6, 6.07) is 15.4. The van der Waals surface area contributed by atoms with Crippen molar-refractivity contribution in [2.24, 2.45) is 0 Å². The quantitative estimate of drug-likeness (QED) is 0.652. The third kappa shape index (κ3) is 4.00. The van der Waals surface area contributed by atoms with Crippen LogP contribution in [0.2, 0.25) is 5.02 Å². The Balaban J connectivity index is 2.24. The number of carbonyl (C=O) groups is 1. The molecule has 2 aromatic rings. The number of carboxylic acid groups (broad SMARTS) is 1. The molecule has 0 spiro atoms. The summed E-state index contributed by atoms with van der Waals surface area (Å²) < 4.78 is 5.51. The van der Waals surface area contributed by atoms with Gasteiger partial charge in [0.25, 0.3) is 0 Å². The number of aliphatic hydroxyl groups excluding tert-OH is 1. The van der Waals surface area contributed by atoms with E-state index in [1.165, 1.54) is 0 Å². The van der Waals surface area contributed by atoms with Crippen molar-refractivity contribution in [3.63, 3.8) is 0 Å². The number of hydrogen-bond acceptors (Lipinski definition) is 3. The number of aliphatic hydroxyl groups is 1. The van der Waals surface area contributed by atoms with Crippen molar-refractivity contribution in [1.29, 1.82) is 0 Å². The molecule has 108 valence electrons. The molecule has 2 N–H and O–H groups in total. The summed E-state index contributed by atoms with van der Waals surface area (Å²) in [6.45, 7) is -0.0657. The molecular formula is C16H13ClO4. The van der Waals surface area contributed by atoms with E-state index in [1.807, 2.05) is 0 Å². The lowest BCUT2D eigenvalue weighted by Gasteiger charge is -2.11. The predicted octanol–water partition coefficient (Wildman–Crippen LogP) is 3.77. The summed E-state index contributed by atoms with van der Waals surface area (Å²) in [7, 11) is 0. The van der Waals surface area contributed by atoms with Crippen LogP contribution in [0.1, 0.15) is 5.56 Å². The molecule has 4 nitrogen and oxygen atoms in total. The van der Waals surface area contributed by atoms with Gasteiger partial charge in [0.05, 0.1) is 0 Å². The van der Waals surface area contributed by atoms with Crippen LogP contribution in [0.15, 0.2) is 60.4 Å². The van der Waals surface area contributed by atoms with E-state index in [-0.39, 0.29) is 12.2 Å². The second-order valence-electron chi connectivity index (χ2n) is 4.24. The Bertz CT molecular complexity index is 648. The summed E-state index contributed by atoms with van der Waals surface area (Å²) in [5.41, 5.74) is 0.796. The van der Waals surface area contributed by atoms with Gasteiger partial charge in [0.2, 0.25) is 5.76 Å². The number of halogens is 1. The normalized spacial score (nSPS) is 11.7. The molecule has 0 saturated carbocycles. The number of carboxylic acids is 1. The van der Waals surface area contributed by atoms with Gasteiger partial charge in [0.1, 0.15) is 12.4 Å². The van der Waals surface area contributed by atoms with E-state index >= 15 is 0 Å². The molecule has 0 aliphatic rings. The van der Waals surface area contributed by atoms with Gasteiger partial charge in [-0.15, -0.1) is 0 Å². The fourth-order valence-electron chi connectivity index (χ4n) is 1.74. The number of aliphatic carboxylic acids is 1. The highest BCUT2D eigenvalue weighted by atomic mass is 35.5. The molecule has 0 aromatic heterocycles. The second kappa shape index (κ2) is 6.81. The molecule has 0 fully saturated rings. The molecule has 0 amide bonds. The smallest absolute Gasteiger partial charge is 0.371 e. The summed E-state index contributed by atoms with van der Waals surface area (Å²) in [6.07, 6.45) is 0. The Labute approximate surface area is 126 Å². The van der Waals surface area contributed by atoms with Gasteiger partial charge in [-0.1, -0.05) is 41.9 Å². The average molecular weight is 305 g/mol. The van der Waals surface area contributed by atoms with Gasteiger partial charge < -0.3 is 14.9 Å². The minimum atomic E-state index is -1.39. The summed E-state index contributed by atoms with van der Waals surface area (Å²) in [4.78, 5) is 11.0. The standard InChI is InChI=1S/C16H13ClO4/c17-12-6-8-13(9-7-12)21-10-14(15(18)16(19)20)11-4-2-1-3-5-11/h1-9,18H,10H2,(H,19,20)/b15-14+. The van der Waals surface area contributed by atoms with Crippen molar-refractivity contribution in [3.05, 3.63) is 70.9 Å². The van der Waals surface area contributed by atoms with Crippen LogP contribution in [-0.4, -0.2) is 22.8 Å². The zero-order chi connectivity index (χ0) is 15.2. The minimum absolute atomic E-state index is 0.0657. The number of hydrogen-bond donors (Lipinski definition) is 2. The van der Waals surface area contributed by atoms with Crippen molar-refractivity contribution in [2.75, 3.05) is 6.61 Å². The Morgan fingerprint density at radius 3 is 2.19 bits per heavy atom. The monoisotopic (exact) mass is 304 g/mol. The molecule has 2 aromatic carbocycles. The predicted molar refractivity (Wildman–Crippen MR) is 80.6 cm³/mol. The number of rotatable bonds is 5. The maximum absolute atomic E-state index is 11.0. The molecule has 0 heterocycles. The van der Waals surface area contributed by atoms with Gasteiger partial charge in [-0.2, -0.15) is 0 Å². The largest absolute Gasteiger partial charge is 0.502 e. The fourth-order valence-corrected chi connectivity index (χ4v) is 1.87. The Kier molecular flexibility index (Phi) is 4.85. The lowest BCUT2D eigenvalue weighted by atomic mass is 10.1. The first-order chi connectivity index (χ1) is 10.1. The molecule has 5 heteroatoms. The zero-order valence-electron chi connectivity index (χ0n) is 11.0. The summed E-state index contributed by atoms with van der Waals surface area (Å²) >= 11 is 5.78. The van der Waals surface area contributed by atoms with Crippen LogP contribution in [0.25, 0.3) is 5.57 Å². The molecular weight excluding hydrogens is 292 g/mol. The first-order valence-electron chi connectivity index (χ1n) is 6.17. The maximum Gasteiger partial charge on any atom is 0.371 e. The van der Waals surface area contributed by atoms with Crippen molar-refractivity contribution in [2.45, 2.75) is 0 Å². The van der Waals surface area contributed by atoms with Crippen LogP contribution in [0.4, 0.5) is 0 Å². The van der Waals surface area contributed by atoms with Crippen LogP contribution < -0.4 is 4.74 Å². The van der Waals surface area contributed by atoms with E-state index in [4.69, 9.17) is 21.4 Å². The van der Waals surface area contributed by atoms with E-state index in [0.29, 0.717) is 16.3 Å². The molecule has 0 bridgehead atoms. The van der Waals surface area contributed by atoms with Crippen LogP contribution in [0, 0.1) is 0 Å². The number of benzene rings is 2. The highest BCUT2D eigenvalue weighted by molar-refractivity contribution is 6.30. The van der Waals surface area contributed by atoms with Gasteiger partial charge in [0, 0.05) is 10.6 Å². The Hall–Kier alpha value is -2.46. The van der Waals surface area contributed by atoms with Gasteiger partial charge in [0.15, 0.2) is 0 Å². The Morgan fingerprint density at radius 2 is 1.62 bits per heavy atom. The topological polar surface area (TPSA) is 66.8 Å². The zero-order valence-corrected chi connectivity index (χ0v) is 11.7. The number of ether oxygens (including phenoxy) is 1. The fraction of sp³-hybridized carbons (Fsp3) is 0.0625. The first kappa shape index (κ1) is 14.9. The van der Waals surface area contributed by atoms with Gasteiger partial charge in [-0.3, -0.25) is 0 Å². The van der Waals surface area contributed by atoms with Crippen molar-refractivity contribution >= 4 is 23.1 Å². The molecule has 2 rings (SSSR count). The highest BCUT2D eigenvalue weighted by Crippen LogP contribution is 2.21. The van der Waals surface area contributed by atoms with Crippen molar-refractivity contribution < 1.29 is 19.7 Å². The van der Waals surface area contributed by atoms with Crippen LogP contribution in [0.3, 0.4) is 0 Å². The highest BCUT2D eigenvalue weighted by Gasteiger charge is 2.15. The summed E-state index contributed by atoms with van der Waals surface area (Å²) in [5, 5.41) is 19.3. The third-order valence-electron chi connectivity index (χ3n) is 2.81. The lowest BCUT2D eigenvalue weighted by Crippen LogP contribution is -2.09. The SMILES string of the molecule is O=C(O)/C(O)=C(/COc1ccc(Cl)cc1)c1ccccc1. The molecule has 0 radical (unpaired) electrons. The molecule has 21 heavy (non-hydrogen) atoms. The maximum atomic E-state index is 11.0. The van der Waals surface area contributed by atoms with Crippen LogP contribution in [0.5, 0.6) is 5.75 Å². The van der Waals surface area contributed by atoms with Crippen LogP contribution in [-0.2, 0) is 4.79 Å². The Morgan fingerprint density at radius 1 is 1.00 bits per heavy atom. The van der Waals surface area contributed by atoms with Gasteiger partial charge in [-0.05, 0) is 29.8 Å². The van der Waals surface area contributed by atoms with Gasteiger partial charge in [-0.25, -0.2) is 4.79 Å². The van der Waals surface area contributed by atoms with Crippen molar-refractivity contribution in [1.82, 2.24) is 0 Å². The summed E-state index contributed by atoms with van der Waals surface area (Å²) in [5.74, 6) is -1.59. The lowest BCUT2D eigenvalue weighted by molar-refractivity contribution is -0.135. The molecule has 0 saturated heterocycles. The van der Waals surface area contributed by atoms with E-state index < -0.39 is 11.7 Å². The molecule has 0 aliphatic heterocycles.